The first-order chi connectivity index (χ1) is 7.59. The van der Waals surface area contributed by atoms with Gasteiger partial charge in [-0.3, -0.25) is 0 Å². The molecule has 0 unspecified atom stereocenters. The van der Waals surface area contributed by atoms with Gasteiger partial charge in [-0.05, 0) is 24.3 Å². The maximum atomic E-state index is 9.61. The van der Waals surface area contributed by atoms with E-state index in [4.69, 9.17) is 5.11 Å². The normalized spacial score (nSPS) is 10.2. The van der Waals surface area contributed by atoms with E-state index in [0.717, 1.165) is 6.07 Å². The summed E-state index contributed by atoms with van der Waals surface area (Å²) in [5, 5.41) is 38.0. The minimum Gasteiger partial charge on any atom is -0.508 e. The van der Waals surface area contributed by atoms with Crippen molar-refractivity contribution in [2.45, 2.75) is 0 Å². The average Bonchev–Trinajstić information content (AvgIpc) is 2.20. The molecule has 82 valence electrons. The van der Waals surface area contributed by atoms with Gasteiger partial charge in [-0.15, -0.1) is 0 Å². The lowest BCUT2D eigenvalue weighted by atomic mass is 10.0. The first-order valence-electron chi connectivity index (χ1n) is 4.63. The first-order valence-corrected chi connectivity index (χ1v) is 4.63. The summed E-state index contributed by atoms with van der Waals surface area (Å²) in [4.78, 5) is 0. The van der Waals surface area contributed by atoms with Crippen molar-refractivity contribution >= 4 is 0 Å². The number of hydrogen-bond donors (Lipinski definition) is 4. The van der Waals surface area contributed by atoms with E-state index in [2.05, 4.69) is 0 Å². The van der Waals surface area contributed by atoms with Gasteiger partial charge in [-0.25, -0.2) is 0 Å². The number of hydrogen-bond acceptors (Lipinski definition) is 4. The standard InChI is InChI=1S/C12H10O4/c13-7-4-5-8(11(16)6-7)12-9(14)2-1-3-10(12)15/h1-6,13-16H. The molecule has 0 aromatic heterocycles. The molecule has 4 nitrogen and oxygen atoms in total. The van der Waals surface area contributed by atoms with Gasteiger partial charge in [-0.1, -0.05) is 6.07 Å². The molecule has 4 N–H and O–H groups in total. The third-order valence-corrected chi connectivity index (χ3v) is 2.27. The van der Waals surface area contributed by atoms with Crippen molar-refractivity contribution < 1.29 is 20.4 Å². The Labute approximate surface area is 91.7 Å². The van der Waals surface area contributed by atoms with Crippen LogP contribution in [-0.4, -0.2) is 20.4 Å². The summed E-state index contributed by atoms with van der Waals surface area (Å²) in [6.07, 6.45) is 0. The Morgan fingerprint density at radius 3 is 1.88 bits per heavy atom. The topological polar surface area (TPSA) is 80.9 Å². The van der Waals surface area contributed by atoms with Crippen LogP contribution in [0.1, 0.15) is 0 Å². The predicted molar refractivity (Wildman–Crippen MR) is 58.5 cm³/mol. The van der Waals surface area contributed by atoms with E-state index in [1.165, 1.54) is 30.3 Å². The quantitative estimate of drug-likeness (QED) is 0.591. The molecule has 0 aliphatic carbocycles. The second-order valence-corrected chi connectivity index (χ2v) is 3.37. The molecule has 0 heterocycles. The molecule has 0 aliphatic rings. The highest BCUT2D eigenvalue weighted by molar-refractivity contribution is 5.80. The van der Waals surface area contributed by atoms with Crippen molar-refractivity contribution in [2.75, 3.05) is 0 Å². The summed E-state index contributed by atoms with van der Waals surface area (Å²) < 4.78 is 0. The maximum Gasteiger partial charge on any atom is 0.127 e. The molecule has 0 aliphatic heterocycles. The SMILES string of the molecule is Oc1ccc(-c2c(O)cccc2O)c(O)c1. The monoisotopic (exact) mass is 218 g/mol. The van der Waals surface area contributed by atoms with Crippen LogP contribution < -0.4 is 0 Å². The van der Waals surface area contributed by atoms with Gasteiger partial charge in [0.25, 0.3) is 0 Å². The molecule has 16 heavy (non-hydrogen) atoms. The van der Waals surface area contributed by atoms with E-state index in [1.54, 1.807) is 0 Å². The number of rotatable bonds is 1. The van der Waals surface area contributed by atoms with Crippen LogP contribution in [0.2, 0.25) is 0 Å². The fraction of sp³-hybridized carbons (Fsp3) is 0. The molecule has 4 heteroatoms. The fourth-order valence-electron chi connectivity index (χ4n) is 1.54. The number of phenols is 4. The highest BCUT2D eigenvalue weighted by Crippen LogP contribution is 2.42. The summed E-state index contributed by atoms with van der Waals surface area (Å²) in [6, 6.07) is 8.22. The Hall–Kier alpha value is -2.36. The molecule has 2 rings (SSSR count). The second kappa shape index (κ2) is 3.66. The summed E-state index contributed by atoms with van der Waals surface area (Å²) >= 11 is 0. The van der Waals surface area contributed by atoms with Crippen LogP contribution in [0.5, 0.6) is 23.0 Å². The molecule has 2 aromatic carbocycles. The van der Waals surface area contributed by atoms with Crippen LogP contribution in [-0.2, 0) is 0 Å². The summed E-state index contributed by atoms with van der Waals surface area (Å²) in [5.41, 5.74) is 0.397. The van der Waals surface area contributed by atoms with E-state index in [1.807, 2.05) is 0 Å². The molecule has 0 spiro atoms. The predicted octanol–water partition coefficient (Wildman–Crippen LogP) is 2.18. The Balaban J connectivity index is 2.68. The molecule has 0 saturated carbocycles. The van der Waals surface area contributed by atoms with Gasteiger partial charge in [-0.2, -0.15) is 0 Å². The van der Waals surface area contributed by atoms with Gasteiger partial charge >= 0.3 is 0 Å². The van der Waals surface area contributed by atoms with Crippen molar-refractivity contribution in [2.24, 2.45) is 0 Å². The molecular weight excluding hydrogens is 208 g/mol. The van der Waals surface area contributed by atoms with Crippen LogP contribution >= 0.6 is 0 Å². The molecular formula is C12H10O4. The third kappa shape index (κ3) is 1.61. The van der Waals surface area contributed by atoms with Crippen molar-refractivity contribution in [3.05, 3.63) is 36.4 Å². The Morgan fingerprint density at radius 2 is 1.31 bits per heavy atom. The Bertz CT molecular complexity index is 514. The third-order valence-electron chi connectivity index (χ3n) is 2.27. The largest absolute Gasteiger partial charge is 0.508 e. The van der Waals surface area contributed by atoms with Crippen LogP contribution in [0.3, 0.4) is 0 Å². The van der Waals surface area contributed by atoms with E-state index < -0.39 is 0 Å². The highest BCUT2D eigenvalue weighted by atomic mass is 16.3. The van der Waals surface area contributed by atoms with Gasteiger partial charge < -0.3 is 20.4 Å². The zero-order valence-electron chi connectivity index (χ0n) is 8.25. The smallest absolute Gasteiger partial charge is 0.127 e. The van der Waals surface area contributed by atoms with E-state index in [0.29, 0.717) is 0 Å². The minimum absolute atomic E-state index is 0.0869. The lowest BCUT2D eigenvalue weighted by Gasteiger charge is -2.09. The van der Waals surface area contributed by atoms with E-state index >= 15 is 0 Å². The summed E-state index contributed by atoms with van der Waals surface area (Å²) in [6.45, 7) is 0. The minimum atomic E-state index is -0.211. The number of benzene rings is 2. The summed E-state index contributed by atoms with van der Waals surface area (Å²) in [7, 11) is 0. The van der Waals surface area contributed by atoms with Gasteiger partial charge in [0.15, 0.2) is 0 Å². The van der Waals surface area contributed by atoms with Crippen molar-refractivity contribution in [3.63, 3.8) is 0 Å². The molecule has 0 atom stereocenters. The van der Waals surface area contributed by atoms with Crippen LogP contribution in [0.4, 0.5) is 0 Å². The number of aromatic hydroxyl groups is 4. The van der Waals surface area contributed by atoms with Crippen LogP contribution in [0.25, 0.3) is 11.1 Å². The lowest BCUT2D eigenvalue weighted by Crippen LogP contribution is -1.81. The first kappa shape index (κ1) is 10.2. The van der Waals surface area contributed by atoms with Crippen molar-refractivity contribution in [3.8, 4) is 34.1 Å². The van der Waals surface area contributed by atoms with E-state index in [9.17, 15) is 15.3 Å². The zero-order chi connectivity index (χ0) is 11.7. The lowest BCUT2D eigenvalue weighted by molar-refractivity contribution is 0.443. The number of phenolic OH excluding ortho intramolecular Hbond substituents is 4. The molecule has 0 bridgehead atoms. The average molecular weight is 218 g/mol. The van der Waals surface area contributed by atoms with Crippen molar-refractivity contribution in [1.29, 1.82) is 0 Å². The molecule has 0 radical (unpaired) electrons. The maximum absolute atomic E-state index is 9.61. The zero-order valence-corrected chi connectivity index (χ0v) is 8.25. The fourth-order valence-corrected chi connectivity index (χ4v) is 1.54. The van der Waals surface area contributed by atoms with Gasteiger partial charge in [0, 0.05) is 11.6 Å². The molecule has 2 aromatic rings. The van der Waals surface area contributed by atoms with E-state index in [-0.39, 0.29) is 34.1 Å². The van der Waals surface area contributed by atoms with Gasteiger partial charge in [0.2, 0.25) is 0 Å². The summed E-state index contributed by atoms with van der Waals surface area (Å²) in [5.74, 6) is -0.574. The van der Waals surface area contributed by atoms with Gasteiger partial charge in [0.05, 0.1) is 5.56 Å². The second-order valence-electron chi connectivity index (χ2n) is 3.37. The van der Waals surface area contributed by atoms with Crippen LogP contribution in [0, 0.1) is 0 Å². The molecule has 0 saturated heterocycles. The van der Waals surface area contributed by atoms with Crippen molar-refractivity contribution in [1.82, 2.24) is 0 Å². The molecule has 0 amide bonds. The Kier molecular flexibility index (Phi) is 2.32. The molecule has 0 fully saturated rings. The highest BCUT2D eigenvalue weighted by Gasteiger charge is 2.13. The Morgan fingerprint density at radius 1 is 0.688 bits per heavy atom. The van der Waals surface area contributed by atoms with Gasteiger partial charge in [0.1, 0.15) is 23.0 Å². The van der Waals surface area contributed by atoms with Crippen LogP contribution in [0.15, 0.2) is 36.4 Å².